The number of sulfonamides is 1. The maximum atomic E-state index is 11.5. The molecule has 0 aliphatic rings. The van der Waals surface area contributed by atoms with Gasteiger partial charge in [-0.2, -0.15) is 0 Å². The number of carbonyl (C=O) groups excluding carboxylic acids is 2. The van der Waals surface area contributed by atoms with Crippen LogP contribution in [0.25, 0.3) is 0 Å². The highest BCUT2D eigenvalue weighted by molar-refractivity contribution is 7.92. The van der Waals surface area contributed by atoms with E-state index in [0.29, 0.717) is 26.9 Å². The van der Waals surface area contributed by atoms with Gasteiger partial charge in [0.1, 0.15) is 0 Å². The molecule has 0 bridgehead atoms. The van der Waals surface area contributed by atoms with E-state index in [-0.39, 0.29) is 11.3 Å². The molecule has 0 saturated carbocycles. The Labute approximate surface area is 185 Å². The molecule has 8 nitrogen and oxygen atoms in total. The first kappa shape index (κ1) is 25.5. The lowest BCUT2D eigenvalue weighted by Crippen LogP contribution is -2.15. The number of rotatable bonds is 4. The third kappa shape index (κ3) is 7.08. The molecule has 0 saturated heterocycles. The zero-order chi connectivity index (χ0) is 23.2. The van der Waals surface area contributed by atoms with Gasteiger partial charge in [0.05, 0.1) is 37.3 Å². The number of esters is 2. The van der Waals surface area contributed by atoms with Crippen molar-refractivity contribution in [3.8, 4) is 0 Å². The molecule has 30 heavy (non-hydrogen) atoms. The van der Waals surface area contributed by atoms with E-state index in [0.717, 1.165) is 11.8 Å². The zero-order valence-electron chi connectivity index (χ0n) is 17.0. The lowest BCUT2D eigenvalue weighted by Gasteiger charge is -2.12. The standard InChI is InChI=1S/C10H12ClNO4S.C9H10ClNO2/c1-6-4-7(11)5-8(10(13)16-2)9(6)12-17(3,14)15;1-5-3-6(10)4-7(8(5)11)9(12)13-2/h4-5,12H,1-3H3;3-4H,11H2,1-2H3. The zero-order valence-corrected chi connectivity index (χ0v) is 19.3. The molecule has 2 aromatic rings. The normalized spacial score (nSPS) is 10.5. The summed E-state index contributed by atoms with van der Waals surface area (Å²) in [6.45, 7) is 3.43. The van der Waals surface area contributed by atoms with Gasteiger partial charge >= 0.3 is 11.9 Å². The van der Waals surface area contributed by atoms with Crippen LogP contribution in [0.3, 0.4) is 0 Å². The molecule has 164 valence electrons. The van der Waals surface area contributed by atoms with Crippen molar-refractivity contribution in [1.82, 2.24) is 0 Å². The number of aryl methyl sites for hydroxylation is 2. The number of ether oxygens (including phenoxy) is 2. The average Bonchev–Trinajstić information content (AvgIpc) is 2.65. The maximum Gasteiger partial charge on any atom is 0.340 e. The second kappa shape index (κ2) is 10.5. The molecule has 2 aromatic carbocycles. The fourth-order valence-corrected chi connectivity index (χ4v) is 3.56. The van der Waals surface area contributed by atoms with Crippen LogP contribution in [0, 0.1) is 13.8 Å². The molecule has 2 rings (SSSR count). The van der Waals surface area contributed by atoms with E-state index >= 15 is 0 Å². The van der Waals surface area contributed by atoms with Crippen LogP contribution in [0.2, 0.25) is 10.0 Å². The minimum atomic E-state index is -3.48. The Hall–Kier alpha value is -2.49. The molecule has 0 aliphatic heterocycles. The topological polar surface area (TPSA) is 125 Å². The van der Waals surface area contributed by atoms with Crippen molar-refractivity contribution in [1.29, 1.82) is 0 Å². The van der Waals surface area contributed by atoms with E-state index in [2.05, 4.69) is 14.2 Å². The fraction of sp³-hybridized carbons (Fsp3) is 0.263. The number of hydrogen-bond acceptors (Lipinski definition) is 7. The van der Waals surface area contributed by atoms with Crippen LogP contribution in [0.15, 0.2) is 24.3 Å². The fourth-order valence-electron chi connectivity index (χ4n) is 2.37. The summed E-state index contributed by atoms with van der Waals surface area (Å²) in [7, 11) is -0.963. The van der Waals surface area contributed by atoms with Crippen LogP contribution in [-0.4, -0.2) is 40.8 Å². The highest BCUT2D eigenvalue weighted by atomic mass is 35.5. The summed E-state index contributed by atoms with van der Waals surface area (Å²) in [4.78, 5) is 22.7. The van der Waals surface area contributed by atoms with E-state index in [1.54, 1.807) is 26.0 Å². The van der Waals surface area contributed by atoms with Crippen molar-refractivity contribution in [2.24, 2.45) is 0 Å². The molecule has 0 heterocycles. The molecule has 0 unspecified atom stereocenters. The second-order valence-electron chi connectivity index (χ2n) is 6.19. The van der Waals surface area contributed by atoms with E-state index in [1.165, 1.54) is 26.4 Å². The summed E-state index contributed by atoms with van der Waals surface area (Å²) in [5, 5.41) is 0.814. The molecule has 0 aliphatic carbocycles. The number of methoxy groups -OCH3 is 2. The second-order valence-corrected chi connectivity index (χ2v) is 8.81. The average molecular weight is 477 g/mol. The maximum absolute atomic E-state index is 11.5. The third-order valence-electron chi connectivity index (χ3n) is 3.75. The van der Waals surface area contributed by atoms with E-state index < -0.39 is 22.0 Å². The summed E-state index contributed by atoms with van der Waals surface area (Å²) < 4.78 is 33.8. The molecule has 0 aromatic heterocycles. The SMILES string of the molecule is COC(=O)c1cc(Cl)cc(C)c1N.COC(=O)c1cc(Cl)cc(C)c1NS(C)(=O)=O. The van der Waals surface area contributed by atoms with Crippen molar-refractivity contribution in [2.75, 3.05) is 30.9 Å². The van der Waals surface area contributed by atoms with E-state index in [1.807, 2.05) is 0 Å². The first-order valence-corrected chi connectivity index (χ1v) is 11.0. The number of carbonyl (C=O) groups is 2. The number of nitrogens with two attached hydrogens (primary N) is 1. The Kier molecular flexibility index (Phi) is 8.95. The van der Waals surface area contributed by atoms with Crippen molar-refractivity contribution in [2.45, 2.75) is 13.8 Å². The summed E-state index contributed by atoms with van der Waals surface area (Å²) >= 11 is 11.6. The lowest BCUT2D eigenvalue weighted by atomic mass is 10.1. The first-order chi connectivity index (χ1) is 13.8. The van der Waals surface area contributed by atoms with Gasteiger partial charge in [-0.1, -0.05) is 23.2 Å². The Morgan fingerprint density at radius 1 is 0.900 bits per heavy atom. The number of benzene rings is 2. The molecular weight excluding hydrogens is 455 g/mol. The Bertz CT molecular complexity index is 1070. The number of nitrogen functional groups attached to an aromatic ring is 1. The quantitative estimate of drug-likeness (QED) is 0.507. The first-order valence-electron chi connectivity index (χ1n) is 8.30. The van der Waals surface area contributed by atoms with Crippen molar-refractivity contribution in [3.63, 3.8) is 0 Å². The minimum Gasteiger partial charge on any atom is -0.465 e. The van der Waals surface area contributed by atoms with Gasteiger partial charge in [0.25, 0.3) is 0 Å². The van der Waals surface area contributed by atoms with Gasteiger partial charge in [-0.25, -0.2) is 18.0 Å². The van der Waals surface area contributed by atoms with Crippen LogP contribution in [0.5, 0.6) is 0 Å². The summed E-state index contributed by atoms with van der Waals surface area (Å²) in [6, 6.07) is 6.11. The van der Waals surface area contributed by atoms with Gasteiger partial charge in [0.2, 0.25) is 10.0 Å². The molecule has 0 radical (unpaired) electrons. The van der Waals surface area contributed by atoms with Crippen LogP contribution < -0.4 is 10.5 Å². The number of nitrogens with one attached hydrogen (secondary N) is 1. The Morgan fingerprint density at radius 3 is 1.80 bits per heavy atom. The van der Waals surface area contributed by atoms with Crippen molar-refractivity contribution in [3.05, 3.63) is 56.6 Å². The monoisotopic (exact) mass is 476 g/mol. The molecule has 0 amide bonds. The molecular formula is C19H22Cl2N2O6S. The van der Waals surface area contributed by atoms with Gasteiger partial charge in [-0.3, -0.25) is 4.72 Å². The lowest BCUT2D eigenvalue weighted by molar-refractivity contribution is 0.0593. The van der Waals surface area contributed by atoms with Gasteiger partial charge in [0.15, 0.2) is 0 Å². The van der Waals surface area contributed by atoms with Crippen LogP contribution in [0.4, 0.5) is 11.4 Å². The predicted molar refractivity (Wildman–Crippen MR) is 118 cm³/mol. The van der Waals surface area contributed by atoms with E-state index in [4.69, 9.17) is 28.9 Å². The highest BCUT2D eigenvalue weighted by Gasteiger charge is 2.18. The predicted octanol–water partition coefficient (Wildman–Crippen LogP) is 3.82. The molecule has 0 spiro atoms. The van der Waals surface area contributed by atoms with E-state index in [9.17, 15) is 18.0 Å². The van der Waals surface area contributed by atoms with Crippen LogP contribution in [0.1, 0.15) is 31.8 Å². The summed E-state index contributed by atoms with van der Waals surface area (Å²) in [5.74, 6) is -1.12. The number of hydrogen-bond donors (Lipinski definition) is 2. The minimum absolute atomic E-state index is 0.0860. The number of halogens is 2. The van der Waals surface area contributed by atoms with Crippen LogP contribution >= 0.6 is 23.2 Å². The molecule has 11 heteroatoms. The van der Waals surface area contributed by atoms with Gasteiger partial charge < -0.3 is 15.2 Å². The smallest absolute Gasteiger partial charge is 0.340 e. The van der Waals surface area contributed by atoms with Crippen LogP contribution in [-0.2, 0) is 19.5 Å². The third-order valence-corrected chi connectivity index (χ3v) is 4.76. The van der Waals surface area contributed by atoms with Gasteiger partial charge in [0, 0.05) is 15.7 Å². The summed E-state index contributed by atoms with van der Waals surface area (Å²) in [5.41, 5.74) is 7.98. The van der Waals surface area contributed by atoms with Gasteiger partial charge in [-0.15, -0.1) is 0 Å². The van der Waals surface area contributed by atoms with Crippen molar-refractivity contribution >= 4 is 56.5 Å². The molecule has 0 fully saturated rings. The summed E-state index contributed by atoms with van der Waals surface area (Å²) in [6.07, 6.45) is 1.00. The Morgan fingerprint density at radius 2 is 1.33 bits per heavy atom. The van der Waals surface area contributed by atoms with Gasteiger partial charge in [-0.05, 0) is 49.2 Å². The molecule has 0 atom stereocenters. The Balaban J connectivity index is 0.000000311. The van der Waals surface area contributed by atoms with Crippen molar-refractivity contribution < 1.29 is 27.5 Å². The number of anilines is 2. The molecule has 3 N–H and O–H groups in total. The highest BCUT2D eigenvalue weighted by Crippen LogP contribution is 2.27. The largest absolute Gasteiger partial charge is 0.465 e.